The van der Waals surface area contributed by atoms with Gasteiger partial charge in [0.05, 0.1) is 0 Å². The minimum Gasteiger partial charge on any atom is -0.398 e. The summed E-state index contributed by atoms with van der Waals surface area (Å²) < 4.78 is 0.827. The van der Waals surface area contributed by atoms with E-state index in [9.17, 15) is 4.79 Å². The van der Waals surface area contributed by atoms with Crippen molar-refractivity contribution in [3.63, 3.8) is 0 Å². The number of hydrogen-bond acceptors (Lipinski definition) is 2. The molecule has 1 atom stereocenters. The first-order valence-corrected chi connectivity index (χ1v) is 7.02. The summed E-state index contributed by atoms with van der Waals surface area (Å²) in [5.74, 6) is 0.366. The van der Waals surface area contributed by atoms with Crippen LogP contribution >= 0.6 is 15.9 Å². The number of rotatable bonds is 4. The van der Waals surface area contributed by atoms with E-state index in [2.05, 4.69) is 42.0 Å². The van der Waals surface area contributed by atoms with Gasteiger partial charge in [-0.3, -0.25) is 4.79 Å². The van der Waals surface area contributed by atoms with Crippen molar-refractivity contribution in [1.82, 2.24) is 5.32 Å². The quantitative estimate of drug-likeness (QED) is 0.836. The van der Waals surface area contributed by atoms with E-state index in [0.29, 0.717) is 17.2 Å². The second-order valence-electron chi connectivity index (χ2n) is 4.90. The van der Waals surface area contributed by atoms with Crippen LogP contribution in [0.3, 0.4) is 0 Å². The number of nitrogens with one attached hydrogen (secondary N) is 1. The van der Waals surface area contributed by atoms with Gasteiger partial charge in [0, 0.05) is 21.8 Å². The van der Waals surface area contributed by atoms with Gasteiger partial charge in [0.1, 0.15) is 0 Å². The monoisotopic (exact) mass is 312 g/mol. The number of hydrogen-bond donors (Lipinski definition) is 2. The maximum Gasteiger partial charge on any atom is 0.251 e. The molecule has 0 fully saturated rings. The lowest BCUT2D eigenvalue weighted by atomic mass is 10.00. The largest absolute Gasteiger partial charge is 0.398 e. The van der Waals surface area contributed by atoms with Crippen LogP contribution in [0, 0.1) is 12.8 Å². The number of halogens is 1. The van der Waals surface area contributed by atoms with E-state index in [0.717, 1.165) is 16.5 Å². The third kappa shape index (κ3) is 3.48. The van der Waals surface area contributed by atoms with E-state index >= 15 is 0 Å². The number of carbonyl (C=O) groups is 1. The molecule has 0 spiro atoms. The Morgan fingerprint density at radius 3 is 2.56 bits per heavy atom. The molecule has 1 rings (SSSR count). The fourth-order valence-electron chi connectivity index (χ4n) is 1.92. The lowest BCUT2D eigenvalue weighted by molar-refractivity contribution is 0.0924. The summed E-state index contributed by atoms with van der Waals surface area (Å²) in [5, 5.41) is 3.06. The first-order valence-electron chi connectivity index (χ1n) is 6.23. The highest BCUT2D eigenvalue weighted by molar-refractivity contribution is 9.10. The van der Waals surface area contributed by atoms with Gasteiger partial charge >= 0.3 is 0 Å². The van der Waals surface area contributed by atoms with Gasteiger partial charge in [0.25, 0.3) is 5.91 Å². The maximum absolute atomic E-state index is 12.3. The minimum absolute atomic E-state index is 0.0546. The van der Waals surface area contributed by atoms with E-state index in [1.807, 2.05) is 19.1 Å². The fraction of sp³-hybridized carbons (Fsp3) is 0.500. The van der Waals surface area contributed by atoms with Crippen LogP contribution in [-0.2, 0) is 0 Å². The van der Waals surface area contributed by atoms with E-state index in [1.54, 1.807) is 0 Å². The number of amides is 1. The van der Waals surface area contributed by atoms with Gasteiger partial charge in [0.2, 0.25) is 0 Å². The Kier molecular flexibility index (Phi) is 5.20. The number of nitrogens with two attached hydrogens (primary N) is 1. The molecule has 18 heavy (non-hydrogen) atoms. The van der Waals surface area contributed by atoms with Crippen LogP contribution in [0.2, 0.25) is 0 Å². The van der Waals surface area contributed by atoms with Crippen LogP contribution in [0.15, 0.2) is 16.6 Å². The Labute approximate surface area is 117 Å². The number of benzene rings is 1. The molecule has 0 aliphatic carbocycles. The molecule has 100 valence electrons. The van der Waals surface area contributed by atoms with E-state index < -0.39 is 0 Å². The average Bonchev–Trinajstić information content (AvgIpc) is 2.29. The second-order valence-corrected chi connectivity index (χ2v) is 5.82. The van der Waals surface area contributed by atoms with Crippen molar-refractivity contribution in [3.8, 4) is 0 Å². The van der Waals surface area contributed by atoms with Crippen molar-refractivity contribution in [1.29, 1.82) is 0 Å². The molecule has 1 amide bonds. The summed E-state index contributed by atoms with van der Waals surface area (Å²) in [6.07, 6.45) is 0.923. The molecule has 3 N–H and O–H groups in total. The number of carbonyl (C=O) groups excluding carboxylic acids is 1. The molecule has 1 aromatic carbocycles. The first-order chi connectivity index (χ1) is 8.36. The van der Waals surface area contributed by atoms with Crippen molar-refractivity contribution in [3.05, 3.63) is 27.7 Å². The predicted molar refractivity (Wildman–Crippen MR) is 79.7 cm³/mol. The molecule has 3 nitrogen and oxygen atoms in total. The van der Waals surface area contributed by atoms with Crippen molar-refractivity contribution < 1.29 is 4.79 Å². The zero-order valence-electron chi connectivity index (χ0n) is 11.4. The topological polar surface area (TPSA) is 55.1 Å². The van der Waals surface area contributed by atoms with Gasteiger partial charge in [-0.15, -0.1) is 0 Å². The highest BCUT2D eigenvalue weighted by Gasteiger charge is 2.17. The summed E-state index contributed by atoms with van der Waals surface area (Å²) in [6.45, 7) is 8.16. The maximum atomic E-state index is 12.3. The van der Waals surface area contributed by atoms with Crippen LogP contribution in [0.5, 0.6) is 0 Å². The Hall–Kier alpha value is -1.03. The minimum atomic E-state index is -0.0546. The number of nitrogen functional groups attached to an aromatic ring is 1. The second kappa shape index (κ2) is 6.23. The molecule has 0 bridgehead atoms. The zero-order chi connectivity index (χ0) is 13.9. The van der Waals surface area contributed by atoms with E-state index in [1.165, 1.54) is 0 Å². The highest BCUT2D eigenvalue weighted by atomic mass is 79.9. The van der Waals surface area contributed by atoms with Crippen LogP contribution in [0.25, 0.3) is 0 Å². The summed E-state index contributed by atoms with van der Waals surface area (Å²) in [6, 6.07) is 3.82. The van der Waals surface area contributed by atoms with Gasteiger partial charge < -0.3 is 11.1 Å². The molecular formula is C14H21BrN2O. The van der Waals surface area contributed by atoms with Gasteiger partial charge in [0.15, 0.2) is 0 Å². The lowest BCUT2D eigenvalue weighted by Crippen LogP contribution is -2.38. The van der Waals surface area contributed by atoms with E-state index in [-0.39, 0.29) is 11.9 Å². The molecule has 0 aliphatic rings. The molecule has 0 heterocycles. The molecule has 0 aliphatic heterocycles. The Bertz CT molecular complexity index is 444. The van der Waals surface area contributed by atoms with Crippen LogP contribution in [0.4, 0.5) is 5.69 Å². The fourth-order valence-corrected chi connectivity index (χ4v) is 2.40. The van der Waals surface area contributed by atoms with Gasteiger partial charge in [-0.25, -0.2) is 0 Å². The van der Waals surface area contributed by atoms with Crippen LogP contribution in [-0.4, -0.2) is 11.9 Å². The lowest BCUT2D eigenvalue weighted by Gasteiger charge is -2.21. The third-order valence-electron chi connectivity index (χ3n) is 3.22. The Morgan fingerprint density at radius 2 is 2.06 bits per heavy atom. The molecule has 0 radical (unpaired) electrons. The molecule has 0 aromatic heterocycles. The Balaban J connectivity index is 2.97. The smallest absolute Gasteiger partial charge is 0.251 e. The normalized spacial score (nSPS) is 12.6. The molecule has 4 heteroatoms. The number of anilines is 1. The van der Waals surface area contributed by atoms with E-state index in [4.69, 9.17) is 5.73 Å². The van der Waals surface area contributed by atoms with Gasteiger partial charge in [-0.1, -0.05) is 36.7 Å². The molecule has 1 unspecified atom stereocenters. The summed E-state index contributed by atoms with van der Waals surface area (Å²) in [5.41, 5.74) is 7.97. The summed E-state index contributed by atoms with van der Waals surface area (Å²) in [7, 11) is 0. The van der Waals surface area contributed by atoms with Crippen LogP contribution in [0.1, 0.15) is 43.1 Å². The zero-order valence-corrected chi connectivity index (χ0v) is 13.0. The van der Waals surface area contributed by atoms with Crippen LogP contribution < -0.4 is 11.1 Å². The average molecular weight is 313 g/mol. The van der Waals surface area contributed by atoms with Crippen molar-refractivity contribution >= 4 is 27.5 Å². The highest BCUT2D eigenvalue weighted by Crippen LogP contribution is 2.23. The van der Waals surface area contributed by atoms with Crippen molar-refractivity contribution in [2.24, 2.45) is 5.92 Å². The third-order valence-corrected chi connectivity index (χ3v) is 3.68. The van der Waals surface area contributed by atoms with Gasteiger partial charge in [-0.05, 0) is 37.0 Å². The summed E-state index contributed by atoms with van der Waals surface area (Å²) >= 11 is 3.37. The molecule has 0 saturated heterocycles. The molecule has 0 saturated carbocycles. The summed E-state index contributed by atoms with van der Waals surface area (Å²) in [4.78, 5) is 12.3. The standard InChI is InChI=1S/C14H21BrN2O/c1-5-13(8(2)3)17-14(18)11-6-10(15)7-12(16)9(11)4/h6-8,13H,5,16H2,1-4H3,(H,17,18). The first kappa shape index (κ1) is 15.0. The van der Waals surface area contributed by atoms with Gasteiger partial charge in [-0.2, -0.15) is 0 Å². The SMILES string of the molecule is CCC(NC(=O)c1cc(Br)cc(N)c1C)C(C)C. The molecular weight excluding hydrogens is 292 g/mol. The van der Waals surface area contributed by atoms with Crippen molar-refractivity contribution in [2.45, 2.75) is 40.2 Å². The Morgan fingerprint density at radius 1 is 1.44 bits per heavy atom. The van der Waals surface area contributed by atoms with Crippen molar-refractivity contribution in [2.75, 3.05) is 5.73 Å². The molecule has 1 aromatic rings. The predicted octanol–water partition coefficient (Wildman–Crippen LogP) is 3.50.